The lowest BCUT2D eigenvalue weighted by molar-refractivity contribution is -0.140. The molecule has 1 aliphatic carbocycles. The van der Waals surface area contributed by atoms with Crippen molar-refractivity contribution in [2.24, 2.45) is 16.8 Å². The Bertz CT molecular complexity index is 1180. The molecule has 2 aromatic carbocycles. The van der Waals surface area contributed by atoms with Crippen molar-refractivity contribution in [1.29, 1.82) is 0 Å². The summed E-state index contributed by atoms with van der Waals surface area (Å²) in [5.74, 6) is -0.426. The van der Waals surface area contributed by atoms with Gasteiger partial charge in [-0.2, -0.15) is 0 Å². The number of fused-ring (bicyclic) bond motifs is 1. The van der Waals surface area contributed by atoms with Gasteiger partial charge < -0.3 is 9.47 Å². The summed E-state index contributed by atoms with van der Waals surface area (Å²) in [5.41, 5.74) is 3.78. The first kappa shape index (κ1) is 26.2. The van der Waals surface area contributed by atoms with E-state index in [1.807, 2.05) is 76.2 Å². The van der Waals surface area contributed by atoms with Crippen LogP contribution in [0.2, 0.25) is 5.02 Å². The SMILES string of the molecule is CCCOc1ccccc1[C@@H]1C(C(=O)OCC(C)C)=C(C)N=C2C[C@H](c3ccc(Cl)cc3)CC(=O)C21. The number of allylic oxidation sites excluding steroid dienone is 1. The fourth-order valence-electron chi connectivity index (χ4n) is 5.15. The maximum absolute atomic E-state index is 13.8. The average molecular weight is 508 g/mol. The quantitative estimate of drug-likeness (QED) is 0.364. The number of ether oxygens (including phenoxy) is 2. The number of ketones is 1. The molecule has 4 rings (SSSR count). The number of benzene rings is 2. The molecule has 6 heteroatoms. The first-order valence-corrected chi connectivity index (χ1v) is 13.1. The summed E-state index contributed by atoms with van der Waals surface area (Å²) in [6.45, 7) is 8.75. The highest BCUT2D eigenvalue weighted by atomic mass is 35.5. The lowest BCUT2D eigenvalue weighted by Crippen LogP contribution is -2.41. The molecule has 1 aliphatic heterocycles. The van der Waals surface area contributed by atoms with E-state index < -0.39 is 17.8 Å². The molecule has 0 saturated heterocycles. The first-order valence-electron chi connectivity index (χ1n) is 12.7. The molecule has 0 spiro atoms. The fourth-order valence-corrected chi connectivity index (χ4v) is 5.28. The van der Waals surface area contributed by atoms with Gasteiger partial charge in [0.2, 0.25) is 0 Å². The van der Waals surface area contributed by atoms with Gasteiger partial charge in [0, 0.05) is 34.3 Å². The average Bonchev–Trinajstić information content (AvgIpc) is 2.85. The van der Waals surface area contributed by atoms with Gasteiger partial charge in [-0.05, 0) is 55.4 Å². The third-order valence-electron chi connectivity index (χ3n) is 6.78. The molecule has 0 amide bonds. The molecule has 0 N–H and O–H groups in total. The molecule has 5 nitrogen and oxygen atoms in total. The second-order valence-corrected chi connectivity index (χ2v) is 10.5. The van der Waals surface area contributed by atoms with Gasteiger partial charge in [-0.25, -0.2) is 4.79 Å². The Morgan fingerprint density at radius 1 is 1.08 bits per heavy atom. The molecule has 36 heavy (non-hydrogen) atoms. The predicted molar refractivity (Wildman–Crippen MR) is 143 cm³/mol. The van der Waals surface area contributed by atoms with Crippen molar-refractivity contribution in [3.05, 3.63) is 76.0 Å². The minimum Gasteiger partial charge on any atom is -0.493 e. The second kappa shape index (κ2) is 11.4. The van der Waals surface area contributed by atoms with Gasteiger partial charge in [0.05, 0.1) is 24.7 Å². The van der Waals surface area contributed by atoms with Crippen LogP contribution in [0.4, 0.5) is 0 Å². The molecule has 0 bridgehead atoms. The monoisotopic (exact) mass is 507 g/mol. The second-order valence-electron chi connectivity index (χ2n) is 10.1. The number of para-hydroxylation sites is 1. The summed E-state index contributed by atoms with van der Waals surface area (Å²) in [6, 6.07) is 15.4. The largest absolute Gasteiger partial charge is 0.493 e. The molecular formula is C30H34ClNO4. The van der Waals surface area contributed by atoms with Gasteiger partial charge in [0.15, 0.2) is 0 Å². The molecule has 190 valence electrons. The number of carbonyl (C=O) groups is 2. The Morgan fingerprint density at radius 2 is 1.81 bits per heavy atom. The Hall–Kier alpha value is -2.92. The van der Waals surface area contributed by atoms with Gasteiger partial charge in [0.1, 0.15) is 11.5 Å². The number of nitrogens with zero attached hydrogens (tertiary/aromatic N) is 1. The topological polar surface area (TPSA) is 65.0 Å². The summed E-state index contributed by atoms with van der Waals surface area (Å²) < 4.78 is 11.8. The van der Waals surface area contributed by atoms with Crippen molar-refractivity contribution in [2.45, 2.75) is 58.8 Å². The van der Waals surface area contributed by atoms with Gasteiger partial charge >= 0.3 is 5.97 Å². The Labute approximate surface area is 218 Å². The van der Waals surface area contributed by atoms with Crippen LogP contribution in [0, 0.1) is 11.8 Å². The van der Waals surface area contributed by atoms with Crippen LogP contribution in [0.15, 0.2) is 64.8 Å². The highest BCUT2D eigenvalue weighted by molar-refractivity contribution is 6.30. The minimum atomic E-state index is -0.523. The van der Waals surface area contributed by atoms with E-state index in [4.69, 9.17) is 26.1 Å². The van der Waals surface area contributed by atoms with Crippen LogP contribution >= 0.6 is 11.6 Å². The molecule has 2 aliphatic rings. The van der Waals surface area contributed by atoms with Crippen LogP contribution in [0.5, 0.6) is 5.75 Å². The number of rotatable bonds is 8. The number of esters is 1. The van der Waals surface area contributed by atoms with Crippen molar-refractivity contribution in [3.8, 4) is 5.75 Å². The van der Waals surface area contributed by atoms with Crippen molar-refractivity contribution in [1.82, 2.24) is 0 Å². The number of Topliss-reactive ketones (excluding diaryl/α,β-unsaturated/α-hetero) is 1. The van der Waals surface area contributed by atoms with Crippen molar-refractivity contribution >= 4 is 29.1 Å². The lowest BCUT2D eigenvalue weighted by Gasteiger charge is -2.38. The first-order chi connectivity index (χ1) is 17.3. The van der Waals surface area contributed by atoms with Crippen LogP contribution in [-0.4, -0.2) is 30.7 Å². The highest BCUT2D eigenvalue weighted by Gasteiger charge is 2.47. The molecule has 1 heterocycles. The summed E-state index contributed by atoms with van der Waals surface area (Å²) in [7, 11) is 0. The van der Waals surface area contributed by atoms with Gasteiger partial charge in [-0.3, -0.25) is 9.79 Å². The molecule has 2 aromatic rings. The highest BCUT2D eigenvalue weighted by Crippen LogP contribution is 2.48. The minimum absolute atomic E-state index is 0.0271. The smallest absolute Gasteiger partial charge is 0.336 e. The molecule has 1 fully saturated rings. The molecule has 0 aromatic heterocycles. The normalized spacial score (nSPS) is 21.8. The van der Waals surface area contributed by atoms with E-state index in [2.05, 4.69) is 0 Å². The maximum Gasteiger partial charge on any atom is 0.336 e. The molecule has 1 unspecified atom stereocenters. The molecule has 0 radical (unpaired) electrons. The van der Waals surface area contributed by atoms with Crippen LogP contribution in [0.1, 0.15) is 69.9 Å². The molecule has 3 atom stereocenters. The van der Waals surface area contributed by atoms with E-state index in [9.17, 15) is 9.59 Å². The van der Waals surface area contributed by atoms with Crippen molar-refractivity contribution < 1.29 is 19.1 Å². The standard InChI is InChI=1S/C30H34ClNO4/c1-5-14-35-26-9-7-6-8-23(26)28-27(30(34)36-17-18(2)3)19(4)32-24-15-21(16-25(33)29(24)28)20-10-12-22(31)13-11-20/h6-13,18,21,28-29H,5,14-17H2,1-4H3/t21-,28+,29?/m0/s1. The fraction of sp³-hybridized carbons (Fsp3) is 0.433. The zero-order valence-corrected chi connectivity index (χ0v) is 22.2. The van der Waals surface area contributed by atoms with E-state index in [1.165, 1.54) is 0 Å². The van der Waals surface area contributed by atoms with Crippen LogP contribution in [0.25, 0.3) is 0 Å². The number of hydrogen-bond donors (Lipinski definition) is 0. The Morgan fingerprint density at radius 3 is 2.50 bits per heavy atom. The number of halogens is 1. The number of aliphatic imine (C=N–C) groups is 1. The maximum atomic E-state index is 13.8. The van der Waals surface area contributed by atoms with Crippen molar-refractivity contribution in [3.63, 3.8) is 0 Å². The molecule has 1 saturated carbocycles. The third-order valence-corrected chi connectivity index (χ3v) is 7.03. The summed E-state index contributed by atoms with van der Waals surface area (Å²) in [5, 5.41) is 0.667. The van der Waals surface area contributed by atoms with Crippen LogP contribution < -0.4 is 4.74 Å². The summed E-state index contributed by atoms with van der Waals surface area (Å²) >= 11 is 6.09. The lowest BCUT2D eigenvalue weighted by atomic mass is 9.66. The number of hydrogen-bond acceptors (Lipinski definition) is 5. The van der Waals surface area contributed by atoms with Crippen LogP contribution in [0.3, 0.4) is 0 Å². The third kappa shape index (κ3) is 5.57. The van der Waals surface area contributed by atoms with Gasteiger partial charge in [-0.1, -0.05) is 62.7 Å². The zero-order valence-electron chi connectivity index (χ0n) is 21.4. The van der Waals surface area contributed by atoms with E-state index >= 15 is 0 Å². The van der Waals surface area contributed by atoms with E-state index in [0.29, 0.717) is 48.1 Å². The van der Waals surface area contributed by atoms with Gasteiger partial charge in [0.25, 0.3) is 0 Å². The predicted octanol–water partition coefficient (Wildman–Crippen LogP) is 6.90. The molecular weight excluding hydrogens is 474 g/mol. The summed E-state index contributed by atoms with van der Waals surface area (Å²) in [6.07, 6.45) is 1.89. The van der Waals surface area contributed by atoms with E-state index in [-0.39, 0.29) is 17.6 Å². The van der Waals surface area contributed by atoms with Crippen LogP contribution in [-0.2, 0) is 14.3 Å². The van der Waals surface area contributed by atoms with Crippen molar-refractivity contribution in [2.75, 3.05) is 13.2 Å². The van der Waals surface area contributed by atoms with E-state index in [1.54, 1.807) is 0 Å². The zero-order chi connectivity index (χ0) is 25.8. The summed E-state index contributed by atoms with van der Waals surface area (Å²) in [4.78, 5) is 32.1. The van der Waals surface area contributed by atoms with E-state index in [0.717, 1.165) is 23.3 Å². The Balaban J connectivity index is 1.78. The number of carbonyl (C=O) groups excluding carboxylic acids is 2. The van der Waals surface area contributed by atoms with Gasteiger partial charge in [-0.15, -0.1) is 0 Å². The Kier molecular flexibility index (Phi) is 8.30.